The highest BCUT2D eigenvalue weighted by Crippen LogP contribution is 2.26. The number of hydrogen-bond donors (Lipinski definition) is 1. The van der Waals surface area contributed by atoms with E-state index in [1.54, 1.807) is 16.3 Å². The van der Waals surface area contributed by atoms with Crippen molar-refractivity contribution < 1.29 is 9.21 Å². The molecule has 7 nitrogen and oxygen atoms in total. The average molecular weight is 379 g/mol. The number of benzene rings is 1. The van der Waals surface area contributed by atoms with Crippen molar-refractivity contribution in [1.82, 2.24) is 19.7 Å². The third-order valence-corrected chi connectivity index (χ3v) is 4.98. The molecule has 0 aliphatic carbocycles. The summed E-state index contributed by atoms with van der Waals surface area (Å²) in [5.41, 5.74) is 3.57. The molecule has 27 heavy (non-hydrogen) atoms. The van der Waals surface area contributed by atoms with Crippen molar-refractivity contribution in [1.29, 1.82) is 0 Å². The standard InChI is InChI=1S/C19H17N5O2S/c1-11-12(2)26-18(21-11)13-5-4-6-15(7-13)22-17(25)16-10-27-19(23-16)14-8-20-24(3)9-14/h4-10H,1-3H3,(H,22,25). The van der Waals surface area contributed by atoms with Gasteiger partial charge in [0, 0.05) is 35.4 Å². The molecule has 0 atom stereocenters. The van der Waals surface area contributed by atoms with Gasteiger partial charge in [-0.05, 0) is 32.0 Å². The van der Waals surface area contributed by atoms with Crippen molar-refractivity contribution in [2.75, 3.05) is 5.32 Å². The van der Waals surface area contributed by atoms with Crippen LogP contribution in [0.5, 0.6) is 0 Å². The molecule has 136 valence electrons. The molecule has 0 saturated heterocycles. The highest BCUT2D eigenvalue weighted by Gasteiger charge is 2.14. The van der Waals surface area contributed by atoms with Crippen molar-refractivity contribution in [3.63, 3.8) is 0 Å². The zero-order valence-electron chi connectivity index (χ0n) is 15.1. The van der Waals surface area contributed by atoms with Gasteiger partial charge in [0.2, 0.25) is 5.89 Å². The van der Waals surface area contributed by atoms with Crippen LogP contribution in [-0.2, 0) is 7.05 Å². The molecule has 3 aromatic heterocycles. The molecule has 4 rings (SSSR count). The van der Waals surface area contributed by atoms with E-state index in [1.807, 2.05) is 51.4 Å². The highest BCUT2D eigenvalue weighted by molar-refractivity contribution is 7.13. The Morgan fingerprint density at radius 1 is 1.22 bits per heavy atom. The fourth-order valence-corrected chi connectivity index (χ4v) is 3.34. The van der Waals surface area contributed by atoms with Gasteiger partial charge in [-0.2, -0.15) is 5.10 Å². The number of amides is 1. The van der Waals surface area contributed by atoms with E-state index < -0.39 is 0 Å². The van der Waals surface area contributed by atoms with Crippen LogP contribution in [0.1, 0.15) is 21.9 Å². The number of thiazole rings is 1. The van der Waals surface area contributed by atoms with Crippen molar-refractivity contribution in [2.24, 2.45) is 7.05 Å². The van der Waals surface area contributed by atoms with Gasteiger partial charge in [0.15, 0.2) is 0 Å². The molecule has 8 heteroatoms. The Hall–Kier alpha value is -3.26. The minimum atomic E-state index is -0.265. The fraction of sp³-hybridized carbons (Fsp3) is 0.158. The van der Waals surface area contributed by atoms with Gasteiger partial charge in [0.05, 0.1) is 11.9 Å². The molecule has 0 aliphatic rings. The van der Waals surface area contributed by atoms with E-state index in [4.69, 9.17) is 4.42 Å². The van der Waals surface area contributed by atoms with Crippen LogP contribution in [0.25, 0.3) is 22.0 Å². The predicted octanol–water partition coefficient (Wildman–Crippen LogP) is 4.07. The van der Waals surface area contributed by atoms with Crippen molar-refractivity contribution in [2.45, 2.75) is 13.8 Å². The van der Waals surface area contributed by atoms with Crippen LogP contribution < -0.4 is 5.32 Å². The van der Waals surface area contributed by atoms with E-state index in [0.717, 1.165) is 27.6 Å². The van der Waals surface area contributed by atoms with Gasteiger partial charge in [-0.3, -0.25) is 9.48 Å². The SMILES string of the molecule is Cc1nc(-c2cccc(NC(=O)c3csc(-c4cnn(C)c4)n3)c2)oc1C. The number of aryl methyl sites for hydroxylation is 3. The minimum Gasteiger partial charge on any atom is -0.441 e. The van der Waals surface area contributed by atoms with Crippen LogP contribution >= 0.6 is 11.3 Å². The predicted molar refractivity (Wildman–Crippen MR) is 104 cm³/mol. The summed E-state index contributed by atoms with van der Waals surface area (Å²) in [6.45, 7) is 3.77. The quantitative estimate of drug-likeness (QED) is 0.578. The van der Waals surface area contributed by atoms with E-state index in [9.17, 15) is 4.79 Å². The first-order chi connectivity index (χ1) is 13.0. The number of oxazole rings is 1. The number of carbonyl (C=O) groups is 1. The second-order valence-corrected chi connectivity index (χ2v) is 6.99. The summed E-state index contributed by atoms with van der Waals surface area (Å²) >= 11 is 1.41. The fourth-order valence-electron chi connectivity index (χ4n) is 2.56. The van der Waals surface area contributed by atoms with E-state index in [0.29, 0.717) is 17.3 Å². The molecule has 4 aromatic rings. The molecule has 1 aromatic carbocycles. The molecule has 0 spiro atoms. The molecule has 0 saturated carbocycles. The van der Waals surface area contributed by atoms with Crippen LogP contribution in [-0.4, -0.2) is 25.7 Å². The van der Waals surface area contributed by atoms with Gasteiger partial charge in [-0.25, -0.2) is 9.97 Å². The van der Waals surface area contributed by atoms with Crippen LogP contribution in [0, 0.1) is 13.8 Å². The lowest BCUT2D eigenvalue weighted by molar-refractivity contribution is 0.102. The lowest BCUT2D eigenvalue weighted by Gasteiger charge is -2.04. The van der Waals surface area contributed by atoms with Crippen LogP contribution in [0.2, 0.25) is 0 Å². The molecule has 0 fully saturated rings. The zero-order chi connectivity index (χ0) is 19.0. The van der Waals surface area contributed by atoms with Crippen LogP contribution in [0.3, 0.4) is 0 Å². The summed E-state index contributed by atoms with van der Waals surface area (Å²) in [6, 6.07) is 7.39. The molecular formula is C19H17N5O2S. The Balaban J connectivity index is 1.53. The lowest BCUT2D eigenvalue weighted by atomic mass is 10.2. The molecule has 0 bridgehead atoms. The Morgan fingerprint density at radius 3 is 2.78 bits per heavy atom. The summed E-state index contributed by atoms with van der Waals surface area (Å²) in [5.74, 6) is 1.05. The smallest absolute Gasteiger partial charge is 0.275 e. The summed E-state index contributed by atoms with van der Waals surface area (Å²) in [6.07, 6.45) is 3.59. The normalized spacial score (nSPS) is 10.9. The number of carbonyl (C=O) groups excluding carboxylic acids is 1. The van der Waals surface area contributed by atoms with Crippen molar-refractivity contribution in [3.05, 3.63) is 59.2 Å². The Bertz CT molecular complexity index is 1110. The average Bonchev–Trinajstić information content (AvgIpc) is 3.36. The topological polar surface area (TPSA) is 85.8 Å². The number of hydrogen-bond acceptors (Lipinski definition) is 6. The molecule has 1 N–H and O–H groups in total. The van der Waals surface area contributed by atoms with E-state index >= 15 is 0 Å². The molecule has 0 aliphatic heterocycles. The lowest BCUT2D eigenvalue weighted by Crippen LogP contribution is -2.12. The maximum Gasteiger partial charge on any atom is 0.275 e. The summed E-state index contributed by atoms with van der Waals surface area (Å²) in [4.78, 5) is 21.4. The van der Waals surface area contributed by atoms with E-state index in [-0.39, 0.29) is 5.91 Å². The second-order valence-electron chi connectivity index (χ2n) is 6.14. The first-order valence-corrected chi connectivity index (χ1v) is 9.18. The minimum absolute atomic E-state index is 0.265. The number of nitrogens with one attached hydrogen (secondary N) is 1. The number of rotatable bonds is 4. The van der Waals surface area contributed by atoms with Crippen LogP contribution in [0.15, 0.2) is 46.5 Å². The number of aromatic nitrogens is 4. The number of anilines is 1. The molecular weight excluding hydrogens is 362 g/mol. The molecule has 0 unspecified atom stereocenters. The van der Waals surface area contributed by atoms with Gasteiger partial charge in [0.25, 0.3) is 5.91 Å². The first kappa shape index (κ1) is 17.2. The summed E-state index contributed by atoms with van der Waals surface area (Å²) in [5, 5.41) is 9.50. The maximum absolute atomic E-state index is 12.5. The zero-order valence-corrected chi connectivity index (χ0v) is 15.9. The van der Waals surface area contributed by atoms with E-state index in [2.05, 4.69) is 20.4 Å². The third-order valence-electron chi connectivity index (χ3n) is 4.08. The second kappa shape index (κ2) is 6.81. The van der Waals surface area contributed by atoms with Crippen molar-refractivity contribution in [3.8, 4) is 22.0 Å². The van der Waals surface area contributed by atoms with Crippen LogP contribution in [0.4, 0.5) is 5.69 Å². The third kappa shape index (κ3) is 3.52. The van der Waals surface area contributed by atoms with Gasteiger partial charge in [-0.1, -0.05) is 6.07 Å². The van der Waals surface area contributed by atoms with Gasteiger partial charge in [-0.15, -0.1) is 11.3 Å². The van der Waals surface area contributed by atoms with E-state index in [1.165, 1.54) is 11.3 Å². The first-order valence-electron chi connectivity index (χ1n) is 8.30. The summed E-state index contributed by atoms with van der Waals surface area (Å²) in [7, 11) is 1.84. The van der Waals surface area contributed by atoms with Gasteiger partial charge in [0.1, 0.15) is 16.5 Å². The largest absolute Gasteiger partial charge is 0.441 e. The monoisotopic (exact) mass is 379 g/mol. The molecule has 0 radical (unpaired) electrons. The van der Waals surface area contributed by atoms with Crippen molar-refractivity contribution >= 4 is 22.9 Å². The molecule has 1 amide bonds. The highest BCUT2D eigenvalue weighted by atomic mass is 32.1. The number of nitrogens with zero attached hydrogens (tertiary/aromatic N) is 4. The maximum atomic E-state index is 12.5. The Labute approximate surface area is 159 Å². The molecule has 3 heterocycles. The van der Waals surface area contributed by atoms with Gasteiger partial charge >= 0.3 is 0 Å². The van der Waals surface area contributed by atoms with Gasteiger partial charge < -0.3 is 9.73 Å². The summed E-state index contributed by atoms with van der Waals surface area (Å²) < 4.78 is 7.36. The Kier molecular flexibility index (Phi) is 4.33. The Morgan fingerprint density at radius 2 is 2.07 bits per heavy atom.